The Labute approximate surface area is 152 Å². The zero-order valence-corrected chi connectivity index (χ0v) is 15.0. The average Bonchev–Trinajstić information content (AvgIpc) is 2.58. The molecule has 8 nitrogen and oxygen atoms in total. The third-order valence-electron chi connectivity index (χ3n) is 4.67. The minimum absolute atomic E-state index is 0.267. The summed E-state index contributed by atoms with van der Waals surface area (Å²) in [5.74, 6) is -2.41. The molecule has 2 fully saturated rings. The van der Waals surface area contributed by atoms with Gasteiger partial charge in [0.1, 0.15) is 0 Å². The summed E-state index contributed by atoms with van der Waals surface area (Å²) in [5.41, 5.74) is 4.55. The molecule has 2 N–H and O–H groups in total. The summed E-state index contributed by atoms with van der Waals surface area (Å²) in [7, 11) is 2.04. The molecule has 26 heavy (non-hydrogen) atoms. The van der Waals surface area contributed by atoms with E-state index in [0.29, 0.717) is 5.69 Å². The highest BCUT2D eigenvalue weighted by Crippen LogP contribution is 2.26. The van der Waals surface area contributed by atoms with Crippen molar-refractivity contribution in [2.75, 3.05) is 38.1 Å². The van der Waals surface area contributed by atoms with Crippen LogP contribution in [-0.4, -0.2) is 61.0 Å². The number of amides is 4. The van der Waals surface area contributed by atoms with Crippen LogP contribution in [0.1, 0.15) is 5.56 Å². The van der Waals surface area contributed by atoms with E-state index < -0.39 is 23.8 Å². The van der Waals surface area contributed by atoms with Gasteiger partial charge in [0.2, 0.25) is 5.91 Å². The summed E-state index contributed by atoms with van der Waals surface area (Å²) in [6.45, 7) is 8.93. The smallest absolute Gasteiger partial charge is 0.322 e. The highest BCUT2D eigenvalue weighted by molar-refractivity contribution is 6.28. The predicted molar refractivity (Wildman–Crippen MR) is 97.0 cm³/mol. The van der Waals surface area contributed by atoms with E-state index in [9.17, 15) is 14.4 Å². The Morgan fingerprint density at radius 2 is 1.81 bits per heavy atom. The van der Waals surface area contributed by atoms with E-state index >= 15 is 0 Å². The fraction of sp³-hybridized carbons (Fsp3) is 0.389. The first-order valence-electron chi connectivity index (χ1n) is 8.52. The summed E-state index contributed by atoms with van der Waals surface area (Å²) >= 11 is 0. The van der Waals surface area contributed by atoms with Crippen molar-refractivity contribution in [1.82, 2.24) is 20.7 Å². The highest BCUT2D eigenvalue weighted by atomic mass is 16.2. The van der Waals surface area contributed by atoms with Crippen LogP contribution in [0, 0.1) is 12.8 Å². The standard InChI is InChI=1S/C18H23N5O3/c1-12-6-4-5-7-14(12)23-17(25)15(16(24)19-18(23)26)13(2)20-22-10-8-21(3)9-11-22/h4-7,15,20H,2,8-11H2,1,3H3,(H,19,24,26)/t15-/m1/s1. The number of imide groups is 2. The van der Waals surface area contributed by atoms with Crippen molar-refractivity contribution in [2.24, 2.45) is 5.92 Å². The Morgan fingerprint density at radius 1 is 1.15 bits per heavy atom. The number of rotatable bonds is 4. The van der Waals surface area contributed by atoms with Gasteiger partial charge < -0.3 is 10.3 Å². The minimum Gasteiger partial charge on any atom is -0.322 e. The molecule has 2 aliphatic heterocycles. The van der Waals surface area contributed by atoms with Crippen LogP contribution in [0.2, 0.25) is 0 Å². The van der Waals surface area contributed by atoms with Gasteiger partial charge in [-0.3, -0.25) is 14.9 Å². The number of carbonyl (C=O) groups is 3. The number of benzene rings is 1. The molecule has 1 aromatic rings. The lowest BCUT2D eigenvalue weighted by molar-refractivity contribution is -0.133. The zero-order chi connectivity index (χ0) is 18.8. The van der Waals surface area contributed by atoms with Crippen molar-refractivity contribution in [1.29, 1.82) is 0 Å². The molecule has 1 aromatic carbocycles. The van der Waals surface area contributed by atoms with Crippen LogP contribution in [-0.2, 0) is 9.59 Å². The van der Waals surface area contributed by atoms with Gasteiger partial charge in [0, 0.05) is 31.9 Å². The molecular weight excluding hydrogens is 334 g/mol. The summed E-state index contributed by atoms with van der Waals surface area (Å²) < 4.78 is 0. The fourth-order valence-corrected chi connectivity index (χ4v) is 3.11. The number of hydrazine groups is 1. The SMILES string of the molecule is C=C(NN1CCN(C)CC1)[C@@H]1C(=O)NC(=O)N(c2ccccc2C)C1=O. The van der Waals surface area contributed by atoms with Gasteiger partial charge in [0.05, 0.1) is 5.69 Å². The Balaban J connectivity index is 1.79. The summed E-state index contributed by atoms with van der Waals surface area (Å²) in [6.07, 6.45) is 0. The molecule has 4 amide bonds. The van der Waals surface area contributed by atoms with Crippen LogP contribution in [0.4, 0.5) is 10.5 Å². The highest BCUT2D eigenvalue weighted by Gasteiger charge is 2.43. The van der Waals surface area contributed by atoms with Gasteiger partial charge in [0.25, 0.3) is 5.91 Å². The predicted octanol–water partition coefficient (Wildman–Crippen LogP) is 0.460. The van der Waals surface area contributed by atoms with Crippen LogP contribution in [0.25, 0.3) is 0 Å². The first-order valence-corrected chi connectivity index (χ1v) is 8.52. The molecule has 0 aromatic heterocycles. The van der Waals surface area contributed by atoms with Crippen LogP contribution in [0.15, 0.2) is 36.5 Å². The lowest BCUT2D eigenvalue weighted by atomic mass is 10.0. The normalized spacial score (nSPS) is 22.3. The largest absolute Gasteiger partial charge is 0.335 e. The molecule has 3 rings (SSSR count). The third kappa shape index (κ3) is 3.47. The van der Waals surface area contributed by atoms with E-state index in [-0.39, 0.29) is 5.70 Å². The number of urea groups is 1. The molecule has 0 saturated carbocycles. The molecule has 2 aliphatic rings. The lowest BCUT2D eigenvalue weighted by Crippen LogP contribution is -2.61. The number of carbonyl (C=O) groups excluding carboxylic acids is 3. The van der Waals surface area contributed by atoms with Crippen molar-refractivity contribution in [3.05, 3.63) is 42.1 Å². The molecule has 0 aliphatic carbocycles. The second kappa shape index (κ2) is 7.27. The number of piperazine rings is 1. The molecule has 138 valence electrons. The van der Waals surface area contributed by atoms with Gasteiger partial charge >= 0.3 is 6.03 Å². The fourth-order valence-electron chi connectivity index (χ4n) is 3.11. The number of para-hydroxylation sites is 1. The zero-order valence-electron chi connectivity index (χ0n) is 15.0. The number of nitrogens with zero attached hydrogens (tertiary/aromatic N) is 3. The van der Waals surface area contributed by atoms with E-state index in [1.807, 2.05) is 18.1 Å². The van der Waals surface area contributed by atoms with Crippen molar-refractivity contribution in [3.8, 4) is 0 Å². The number of aryl methyl sites for hydroxylation is 1. The van der Waals surface area contributed by atoms with Gasteiger partial charge in [-0.15, -0.1) is 0 Å². The molecule has 1 atom stereocenters. The summed E-state index contributed by atoms with van der Waals surface area (Å²) in [4.78, 5) is 40.7. The number of barbiturate groups is 1. The third-order valence-corrected chi connectivity index (χ3v) is 4.67. The van der Waals surface area contributed by atoms with E-state index in [1.54, 1.807) is 25.1 Å². The van der Waals surface area contributed by atoms with Gasteiger partial charge in [-0.25, -0.2) is 14.7 Å². The number of nitrogens with one attached hydrogen (secondary N) is 2. The van der Waals surface area contributed by atoms with E-state index in [0.717, 1.165) is 36.6 Å². The molecule has 0 spiro atoms. The molecule has 2 heterocycles. The van der Waals surface area contributed by atoms with Crippen LogP contribution in [0.5, 0.6) is 0 Å². The van der Waals surface area contributed by atoms with Crippen molar-refractivity contribution in [2.45, 2.75) is 6.92 Å². The van der Waals surface area contributed by atoms with E-state index in [2.05, 4.69) is 22.2 Å². The maximum Gasteiger partial charge on any atom is 0.335 e. The molecule has 0 unspecified atom stereocenters. The van der Waals surface area contributed by atoms with Crippen LogP contribution >= 0.6 is 0 Å². The molecule has 0 radical (unpaired) electrons. The van der Waals surface area contributed by atoms with Gasteiger partial charge in [0.15, 0.2) is 5.92 Å². The van der Waals surface area contributed by atoms with E-state index in [4.69, 9.17) is 0 Å². The van der Waals surface area contributed by atoms with Gasteiger partial charge in [-0.05, 0) is 25.6 Å². The Morgan fingerprint density at radius 3 is 2.46 bits per heavy atom. The number of likely N-dealkylation sites (N-methyl/N-ethyl adjacent to an activating group) is 1. The second-order valence-electron chi connectivity index (χ2n) is 6.61. The molecule has 2 saturated heterocycles. The van der Waals surface area contributed by atoms with Crippen LogP contribution in [0.3, 0.4) is 0 Å². The van der Waals surface area contributed by atoms with E-state index in [1.165, 1.54) is 0 Å². The molecular formula is C18H23N5O3. The van der Waals surface area contributed by atoms with Crippen LogP contribution < -0.4 is 15.6 Å². The maximum atomic E-state index is 13.0. The number of hydrogen-bond acceptors (Lipinski definition) is 6. The monoisotopic (exact) mass is 357 g/mol. The quantitative estimate of drug-likeness (QED) is 0.762. The van der Waals surface area contributed by atoms with Gasteiger partial charge in [-0.1, -0.05) is 24.8 Å². The number of hydrogen-bond donors (Lipinski definition) is 2. The average molecular weight is 357 g/mol. The Hall–Kier alpha value is -2.71. The Bertz CT molecular complexity index is 755. The topological polar surface area (TPSA) is 85.0 Å². The minimum atomic E-state index is -1.16. The summed E-state index contributed by atoms with van der Waals surface area (Å²) in [5, 5.41) is 4.19. The first-order chi connectivity index (χ1) is 12.4. The van der Waals surface area contributed by atoms with Crippen molar-refractivity contribution < 1.29 is 14.4 Å². The van der Waals surface area contributed by atoms with Crippen molar-refractivity contribution in [3.63, 3.8) is 0 Å². The Kier molecular flexibility index (Phi) is 5.06. The molecule has 0 bridgehead atoms. The maximum absolute atomic E-state index is 13.0. The lowest BCUT2D eigenvalue weighted by Gasteiger charge is -2.36. The first kappa shape index (κ1) is 18.1. The summed E-state index contributed by atoms with van der Waals surface area (Å²) in [6, 6.07) is 6.31. The van der Waals surface area contributed by atoms with Gasteiger partial charge in [-0.2, -0.15) is 0 Å². The second-order valence-corrected chi connectivity index (χ2v) is 6.61. The number of anilines is 1. The molecule has 8 heteroatoms. The van der Waals surface area contributed by atoms with Crippen molar-refractivity contribution >= 4 is 23.5 Å².